The third-order valence-electron chi connectivity index (χ3n) is 2.32. The van der Waals surface area contributed by atoms with Gasteiger partial charge in [-0.3, -0.25) is 0 Å². The second-order valence-corrected chi connectivity index (χ2v) is 3.72. The second kappa shape index (κ2) is 5.04. The Kier molecular flexibility index (Phi) is 3.99. The first-order valence-electron chi connectivity index (χ1n) is 5.22. The Morgan fingerprint density at radius 1 is 1.43 bits per heavy atom. The first kappa shape index (κ1) is 11.1. The average molecular weight is 191 g/mol. The van der Waals surface area contributed by atoms with E-state index in [9.17, 15) is 0 Å². The molecule has 1 aromatic carbocycles. The van der Waals surface area contributed by atoms with E-state index in [0.29, 0.717) is 5.92 Å². The molecule has 0 fully saturated rings. The van der Waals surface area contributed by atoms with E-state index >= 15 is 0 Å². The Morgan fingerprint density at radius 2 is 2.14 bits per heavy atom. The number of hydrogen-bond donors (Lipinski definition) is 0. The van der Waals surface area contributed by atoms with Crippen molar-refractivity contribution in [2.24, 2.45) is 0 Å². The van der Waals surface area contributed by atoms with E-state index in [4.69, 9.17) is 4.74 Å². The predicted molar refractivity (Wildman–Crippen MR) is 60.7 cm³/mol. The van der Waals surface area contributed by atoms with Crippen molar-refractivity contribution in [3.63, 3.8) is 0 Å². The summed E-state index contributed by atoms with van der Waals surface area (Å²) in [6, 6.07) is 6.18. The van der Waals surface area contributed by atoms with Crippen molar-refractivity contribution in [2.75, 3.05) is 6.61 Å². The Bertz CT molecular complexity index is 289. The van der Waals surface area contributed by atoms with Gasteiger partial charge in [0, 0.05) is 0 Å². The van der Waals surface area contributed by atoms with Crippen LogP contribution in [0.25, 0.3) is 0 Å². The molecule has 0 aliphatic heterocycles. The van der Waals surface area contributed by atoms with Crippen molar-refractivity contribution in [3.8, 4) is 5.75 Å². The summed E-state index contributed by atoms with van der Waals surface area (Å²) in [7, 11) is 0. The van der Waals surface area contributed by atoms with Crippen LogP contribution in [-0.4, -0.2) is 6.61 Å². The minimum Gasteiger partial charge on any atom is -0.493 e. The molecule has 14 heavy (non-hydrogen) atoms. The molecule has 0 aliphatic rings. The highest BCUT2D eigenvalue weighted by atomic mass is 16.5. The molecule has 0 spiro atoms. The summed E-state index contributed by atoms with van der Waals surface area (Å²) in [5.74, 6) is 1.32. The van der Waals surface area contributed by atoms with Gasteiger partial charge in [0.25, 0.3) is 0 Å². The van der Waals surface area contributed by atoms with Crippen molar-refractivity contribution in [2.45, 2.75) is 33.1 Å². The maximum atomic E-state index is 5.65. The number of hydrogen-bond acceptors (Lipinski definition) is 1. The summed E-state index contributed by atoms with van der Waals surface area (Å²) in [5, 5.41) is 0. The largest absolute Gasteiger partial charge is 0.493 e. The Hall–Kier alpha value is -0.980. The van der Waals surface area contributed by atoms with Crippen LogP contribution in [-0.2, 0) is 0 Å². The van der Waals surface area contributed by atoms with Gasteiger partial charge in [-0.1, -0.05) is 26.0 Å². The fourth-order valence-corrected chi connectivity index (χ4v) is 1.53. The van der Waals surface area contributed by atoms with Crippen LogP contribution < -0.4 is 4.74 Å². The highest BCUT2D eigenvalue weighted by molar-refractivity contribution is 5.41. The lowest BCUT2D eigenvalue weighted by molar-refractivity contribution is 0.315. The van der Waals surface area contributed by atoms with Crippen LogP contribution in [0.15, 0.2) is 18.2 Å². The smallest absolute Gasteiger partial charge is 0.122 e. The average Bonchev–Trinajstić information content (AvgIpc) is 2.16. The van der Waals surface area contributed by atoms with Crippen molar-refractivity contribution < 1.29 is 4.74 Å². The van der Waals surface area contributed by atoms with Gasteiger partial charge in [-0.2, -0.15) is 0 Å². The summed E-state index contributed by atoms with van der Waals surface area (Å²) in [5.41, 5.74) is 2.50. The minimum absolute atomic E-state index is 0.320. The number of rotatable bonds is 4. The van der Waals surface area contributed by atoms with Crippen LogP contribution in [0.2, 0.25) is 0 Å². The van der Waals surface area contributed by atoms with Crippen molar-refractivity contribution >= 4 is 0 Å². The standard InChI is InChI=1S/C13H19O/c1-5-9-14-13-8-6-7-12(10(2)3)11(13)4/h6-8,10H,2,5,9H2,1,3-4H3. The van der Waals surface area contributed by atoms with E-state index in [1.54, 1.807) is 0 Å². The molecule has 1 nitrogen and oxygen atoms in total. The molecule has 1 unspecified atom stereocenters. The lowest BCUT2D eigenvalue weighted by atomic mass is 9.97. The zero-order chi connectivity index (χ0) is 10.6. The molecule has 0 bridgehead atoms. The molecule has 1 heteroatoms. The molecule has 0 saturated heterocycles. The molecule has 0 aliphatic carbocycles. The molecule has 1 aromatic rings. The van der Waals surface area contributed by atoms with Crippen molar-refractivity contribution in [1.29, 1.82) is 0 Å². The van der Waals surface area contributed by atoms with E-state index in [2.05, 4.69) is 33.8 Å². The third-order valence-corrected chi connectivity index (χ3v) is 2.32. The topological polar surface area (TPSA) is 9.23 Å². The van der Waals surface area contributed by atoms with Gasteiger partial charge >= 0.3 is 0 Å². The summed E-state index contributed by atoms with van der Waals surface area (Å²) < 4.78 is 5.65. The van der Waals surface area contributed by atoms with Gasteiger partial charge in [0.15, 0.2) is 0 Å². The minimum atomic E-state index is 0.320. The molecule has 1 rings (SSSR count). The zero-order valence-corrected chi connectivity index (χ0v) is 9.34. The molecule has 0 saturated carbocycles. The quantitative estimate of drug-likeness (QED) is 0.704. The fraction of sp³-hybridized carbons (Fsp3) is 0.462. The lowest BCUT2D eigenvalue weighted by Crippen LogP contribution is -2.00. The van der Waals surface area contributed by atoms with Crippen LogP contribution in [0, 0.1) is 13.8 Å². The van der Waals surface area contributed by atoms with E-state index in [0.717, 1.165) is 18.8 Å². The van der Waals surface area contributed by atoms with Crippen LogP contribution in [0.1, 0.15) is 37.3 Å². The number of benzene rings is 1. The summed E-state index contributed by atoms with van der Waals surface area (Å²) in [6.07, 6.45) is 1.05. The molecule has 0 aromatic heterocycles. The predicted octanol–water partition coefficient (Wildman–Crippen LogP) is 3.72. The Labute approximate surface area is 87.1 Å². The molecule has 0 heterocycles. The normalized spacial score (nSPS) is 10.6. The Morgan fingerprint density at radius 3 is 2.71 bits per heavy atom. The van der Waals surface area contributed by atoms with Crippen LogP contribution in [0.5, 0.6) is 5.75 Å². The molecule has 0 amide bonds. The van der Waals surface area contributed by atoms with Gasteiger partial charge in [0.1, 0.15) is 5.75 Å². The molecular weight excluding hydrogens is 172 g/mol. The van der Waals surface area contributed by atoms with E-state index in [1.807, 2.05) is 12.1 Å². The highest BCUT2D eigenvalue weighted by Gasteiger charge is 2.07. The van der Waals surface area contributed by atoms with Gasteiger partial charge in [0.2, 0.25) is 0 Å². The fourth-order valence-electron chi connectivity index (χ4n) is 1.53. The first-order valence-corrected chi connectivity index (χ1v) is 5.22. The number of ether oxygens (including phenoxy) is 1. The van der Waals surface area contributed by atoms with Crippen LogP contribution in [0.4, 0.5) is 0 Å². The maximum absolute atomic E-state index is 5.65. The zero-order valence-electron chi connectivity index (χ0n) is 9.34. The van der Waals surface area contributed by atoms with Gasteiger partial charge in [-0.05, 0) is 43.4 Å². The SMILES string of the molecule is [CH2]C(C)c1cccc(OCCC)c1C. The summed E-state index contributed by atoms with van der Waals surface area (Å²) in [6.45, 7) is 11.1. The monoisotopic (exact) mass is 191 g/mol. The summed E-state index contributed by atoms with van der Waals surface area (Å²) >= 11 is 0. The molecule has 77 valence electrons. The molecule has 1 atom stereocenters. The molecular formula is C13H19O. The van der Waals surface area contributed by atoms with Gasteiger partial charge in [-0.25, -0.2) is 0 Å². The lowest BCUT2D eigenvalue weighted by Gasteiger charge is -2.14. The summed E-state index contributed by atoms with van der Waals surface area (Å²) in [4.78, 5) is 0. The van der Waals surface area contributed by atoms with Gasteiger partial charge in [-0.15, -0.1) is 0 Å². The Balaban J connectivity index is 2.89. The second-order valence-electron chi connectivity index (χ2n) is 3.72. The maximum Gasteiger partial charge on any atom is 0.122 e. The van der Waals surface area contributed by atoms with Crippen LogP contribution in [0.3, 0.4) is 0 Å². The van der Waals surface area contributed by atoms with E-state index in [1.165, 1.54) is 11.1 Å². The van der Waals surface area contributed by atoms with E-state index < -0.39 is 0 Å². The molecule has 0 N–H and O–H groups in total. The van der Waals surface area contributed by atoms with Gasteiger partial charge in [0.05, 0.1) is 6.61 Å². The van der Waals surface area contributed by atoms with Crippen LogP contribution >= 0.6 is 0 Å². The van der Waals surface area contributed by atoms with E-state index in [-0.39, 0.29) is 0 Å². The highest BCUT2D eigenvalue weighted by Crippen LogP contribution is 2.26. The van der Waals surface area contributed by atoms with Gasteiger partial charge < -0.3 is 4.74 Å². The van der Waals surface area contributed by atoms with Crippen molar-refractivity contribution in [3.05, 3.63) is 36.2 Å². The van der Waals surface area contributed by atoms with Crippen molar-refractivity contribution in [1.82, 2.24) is 0 Å². The molecule has 1 radical (unpaired) electrons. The first-order chi connectivity index (χ1) is 6.66. The third kappa shape index (κ3) is 2.50.